The third kappa shape index (κ3) is 4.79. The summed E-state index contributed by atoms with van der Waals surface area (Å²) >= 11 is 5.07. The molecule has 0 spiro atoms. The summed E-state index contributed by atoms with van der Waals surface area (Å²) in [5.41, 5.74) is 0.188. The van der Waals surface area contributed by atoms with E-state index >= 15 is 0 Å². The second-order valence-corrected chi connectivity index (χ2v) is 9.20. The van der Waals surface area contributed by atoms with Gasteiger partial charge in [0.1, 0.15) is 5.58 Å². The summed E-state index contributed by atoms with van der Waals surface area (Å²) in [6.45, 7) is 2.57. The highest BCUT2D eigenvalue weighted by molar-refractivity contribution is 9.10. The zero-order chi connectivity index (χ0) is 20.2. The quantitative estimate of drug-likeness (QED) is 0.567. The molecular weight excluding hydrogens is 452 g/mol. The lowest BCUT2D eigenvalue weighted by Crippen LogP contribution is -2.38. The van der Waals surface area contributed by atoms with Crippen LogP contribution in [0.2, 0.25) is 0 Å². The molecule has 1 aliphatic heterocycles. The molecule has 152 valence electrons. The molecule has 1 amide bonds. The number of nitrogens with one attached hydrogen (secondary N) is 1. The van der Waals surface area contributed by atoms with Gasteiger partial charge in [-0.1, -0.05) is 34.8 Å². The minimum absolute atomic E-state index is 0.0469. The maximum atomic E-state index is 12.8. The Bertz CT molecular complexity index is 1040. The van der Waals surface area contributed by atoms with Crippen LogP contribution in [0.25, 0.3) is 11.0 Å². The maximum Gasteiger partial charge on any atom is 0.287 e. The van der Waals surface area contributed by atoms with Crippen LogP contribution in [0.3, 0.4) is 0 Å². The summed E-state index contributed by atoms with van der Waals surface area (Å²) in [5.74, 6) is -0.311. The largest absolute Gasteiger partial charge is 0.451 e. The number of likely N-dealkylation sites (tertiary alicyclic amines) is 1. The second kappa shape index (κ2) is 9.24. The van der Waals surface area contributed by atoms with Gasteiger partial charge in [-0.05, 0) is 55.6 Å². The van der Waals surface area contributed by atoms with Crippen molar-refractivity contribution in [2.75, 3.05) is 19.6 Å². The summed E-state index contributed by atoms with van der Waals surface area (Å²) in [4.78, 5) is 28.9. The van der Waals surface area contributed by atoms with Gasteiger partial charge >= 0.3 is 0 Å². The number of rotatable bonds is 5. The molecule has 3 heterocycles. The lowest BCUT2D eigenvalue weighted by Gasteiger charge is -2.30. The molecule has 0 radical (unpaired) electrons. The number of carbonyl (C=O) groups excluding carboxylic acids is 1. The van der Waals surface area contributed by atoms with E-state index in [1.165, 1.54) is 36.6 Å². The number of hydrogen-bond donors (Lipinski definition) is 1. The molecule has 1 unspecified atom stereocenters. The first kappa shape index (κ1) is 20.3. The van der Waals surface area contributed by atoms with E-state index in [9.17, 15) is 9.59 Å². The smallest absolute Gasteiger partial charge is 0.287 e. The highest BCUT2D eigenvalue weighted by Gasteiger charge is 2.24. The predicted octanol–water partition coefficient (Wildman–Crippen LogP) is 4.96. The minimum Gasteiger partial charge on any atom is -0.451 e. The molecule has 2 aromatic heterocycles. The van der Waals surface area contributed by atoms with Crippen molar-refractivity contribution in [3.63, 3.8) is 0 Å². The summed E-state index contributed by atoms with van der Waals surface area (Å²) in [5, 5.41) is 5.52. The van der Waals surface area contributed by atoms with Crippen molar-refractivity contribution in [1.29, 1.82) is 0 Å². The Kier molecular flexibility index (Phi) is 6.47. The van der Waals surface area contributed by atoms with Crippen LogP contribution in [0.4, 0.5) is 0 Å². The van der Waals surface area contributed by atoms with Crippen molar-refractivity contribution in [2.45, 2.75) is 31.7 Å². The molecule has 1 aliphatic rings. The molecule has 29 heavy (non-hydrogen) atoms. The number of hydrogen-bond acceptors (Lipinski definition) is 5. The van der Waals surface area contributed by atoms with Gasteiger partial charge in [-0.2, -0.15) is 0 Å². The van der Waals surface area contributed by atoms with E-state index in [4.69, 9.17) is 4.42 Å². The molecule has 3 aromatic rings. The first-order chi connectivity index (χ1) is 14.1. The highest BCUT2D eigenvalue weighted by Crippen LogP contribution is 2.27. The minimum atomic E-state index is -0.358. The Balaban J connectivity index is 1.52. The molecule has 1 saturated heterocycles. The predicted molar refractivity (Wildman–Crippen MR) is 120 cm³/mol. The van der Waals surface area contributed by atoms with Gasteiger partial charge in [0.2, 0.25) is 0 Å². The van der Waals surface area contributed by atoms with E-state index in [0.717, 1.165) is 17.6 Å². The Morgan fingerprint density at radius 2 is 1.97 bits per heavy atom. The number of amides is 1. The molecule has 1 aromatic carbocycles. The average molecular weight is 475 g/mol. The van der Waals surface area contributed by atoms with Crippen molar-refractivity contribution in [3.8, 4) is 0 Å². The zero-order valence-electron chi connectivity index (χ0n) is 16.0. The number of nitrogens with zero attached hydrogens (tertiary/aromatic N) is 1. The van der Waals surface area contributed by atoms with Gasteiger partial charge in [0.15, 0.2) is 11.2 Å². The van der Waals surface area contributed by atoms with Crippen molar-refractivity contribution in [2.24, 2.45) is 0 Å². The van der Waals surface area contributed by atoms with E-state index in [1.807, 2.05) is 6.07 Å². The van der Waals surface area contributed by atoms with Gasteiger partial charge in [-0.3, -0.25) is 14.5 Å². The van der Waals surface area contributed by atoms with Gasteiger partial charge in [0, 0.05) is 22.0 Å². The van der Waals surface area contributed by atoms with Gasteiger partial charge < -0.3 is 9.73 Å². The van der Waals surface area contributed by atoms with Crippen molar-refractivity contribution in [3.05, 3.63) is 67.1 Å². The Morgan fingerprint density at radius 3 is 2.69 bits per heavy atom. The fourth-order valence-electron chi connectivity index (χ4n) is 3.81. The summed E-state index contributed by atoms with van der Waals surface area (Å²) in [7, 11) is 0. The third-order valence-corrected chi connectivity index (χ3v) is 6.79. The fraction of sp³-hybridized carbons (Fsp3) is 0.364. The van der Waals surface area contributed by atoms with Gasteiger partial charge in [0.05, 0.1) is 11.4 Å². The maximum absolute atomic E-state index is 12.8. The molecule has 4 rings (SSSR count). The van der Waals surface area contributed by atoms with Crippen LogP contribution in [0.1, 0.15) is 47.2 Å². The number of benzene rings is 1. The zero-order valence-corrected chi connectivity index (χ0v) is 18.4. The van der Waals surface area contributed by atoms with E-state index < -0.39 is 0 Å². The van der Waals surface area contributed by atoms with Crippen molar-refractivity contribution in [1.82, 2.24) is 10.2 Å². The van der Waals surface area contributed by atoms with Gasteiger partial charge in [-0.25, -0.2) is 0 Å². The molecular formula is C22H23BrN2O3S. The molecule has 1 atom stereocenters. The number of thiophene rings is 1. The first-order valence-electron chi connectivity index (χ1n) is 9.91. The molecule has 0 bridgehead atoms. The fourth-order valence-corrected chi connectivity index (χ4v) is 5.04. The molecule has 7 heteroatoms. The lowest BCUT2D eigenvalue weighted by molar-refractivity contribution is 0.0907. The van der Waals surface area contributed by atoms with E-state index in [1.54, 1.807) is 29.5 Å². The van der Waals surface area contributed by atoms with Crippen LogP contribution in [0, 0.1) is 0 Å². The van der Waals surface area contributed by atoms with E-state index in [0.29, 0.717) is 17.5 Å². The number of fused-ring (bicyclic) bond motifs is 1. The molecule has 1 fully saturated rings. The van der Waals surface area contributed by atoms with Crippen molar-refractivity contribution >= 4 is 44.1 Å². The molecule has 0 saturated carbocycles. The van der Waals surface area contributed by atoms with Crippen LogP contribution in [-0.4, -0.2) is 30.4 Å². The Morgan fingerprint density at radius 1 is 1.17 bits per heavy atom. The third-order valence-electron chi connectivity index (χ3n) is 5.32. The Labute approximate surface area is 181 Å². The first-order valence-corrected chi connectivity index (χ1v) is 11.6. The van der Waals surface area contributed by atoms with Crippen LogP contribution in [0.5, 0.6) is 0 Å². The normalized spacial score (nSPS) is 16.4. The number of carbonyl (C=O) groups is 1. The standard InChI is InChI=1S/C22H23BrN2O3S/c23-15-7-8-19-16(12-15)18(26)13-20(28-19)22(27)24-14-17(21-6-5-11-29-21)25-9-3-1-2-4-10-25/h5-8,11-13,17H,1-4,9-10,14H2,(H,24,27). The van der Waals surface area contributed by atoms with Gasteiger partial charge in [-0.15, -0.1) is 11.3 Å². The van der Waals surface area contributed by atoms with Gasteiger partial charge in [0.25, 0.3) is 5.91 Å². The summed E-state index contributed by atoms with van der Waals surface area (Å²) < 4.78 is 6.50. The van der Waals surface area contributed by atoms with Crippen LogP contribution in [-0.2, 0) is 0 Å². The molecule has 1 N–H and O–H groups in total. The van der Waals surface area contributed by atoms with Crippen LogP contribution < -0.4 is 10.7 Å². The van der Waals surface area contributed by atoms with Crippen molar-refractivity contribution < 1.29 is 9.21 Å². The Hall–Kier alpha value is -1.96. The molecule has 5 nitrogen and oxygen atoms in total. The summed E-state index contributed by atoms with van der Waals surface area (Å²) in [6.07, 6.45) is 4.90. The monoisotopic (exact) mass is 474 g/mol. The van der Waals surface area contributed by atoms with Crippen LogP contribution in [0.15, 0.2) is 55.5 Å². The van der Waals surface area contributed by atoms with E-state index in [2.05, 4.69) is 37.6 Å². The van der Waals surface area contributed by atoms with E-state index in [-0.39, 0.29) is 23.1 Å². The lowest BCUT2D eigenvalue weighted by atomic mass is 10.1. The van der Waals surface area contributed by atoms with Crippen LogP contribution >= 0.6 is 27.3 Å². The number of halogens is 1. The average Bonchev–Trinajstić information content (AvgIpc) is 3.11. The molecule has 0 aliphatic carbocycles. The highest BCUT2D eigenvalue weighted by atomic mass is 79.9. The topological polar surface area (TPSA) is 62.6 Å². The summed E-state index contributed by atoms with van der Waals surface area (Å²) in [6, 6.07) is 10.8. The SMILES string of the molecule is O=C(NCC(c1cccs1)N1CCCCCC1)c1cc(=O)c2cc(Br)ccc2o1. The second-order valence-electron chi connectivity index (χ2n) is 7.31.